The van der Waals surface area contributed by atoms with Gasteiger partial charge in [0.05, 0.1) is 12.3 Å². The van der Waals surface area contributed by atoms with Crippen molar-refractivity contribution >= 4 is 17.5 Å². The van der Waals surface area contributed by atoms with Crippen LogP contribution in [0.15, 0.2) is 53.1 Å². The normalized spacial score (nSPS) is 14.3. The van der Waals surface area contributed by atoms with Gasteiger partial charge >= 0.3 is 0 Å². The van der Waals surface area contributed by atoms with Crippen molar-refractivity contribution in [2.24, 2.45) is 0 Å². The minimum atomic E-state index is -0.465. The fourth-order valence-electron chi connectivity index (χ4n) is 2.91. The van der Waals surface area contributed by atoms with Gasteiger partial charge in [-0.15, -0.1) is 0 Å². The van der Waals surface area contributed by atoms with Gasteiger partial charge in [-0.1, -0.05) is 53.2 Å². The first-order valence-corrected chi connectivity index (χ1v) is 8.59. The van der Waals surface area contributed by atoms with Crippen LogP contribution in [0.5, 0.6) is 0 Å². The van der Waals surface area contributed by atoms with E-state index < -0.39 is 5.82 Å². The number of carbonyl (C=O) groups excluding carboxylic acids is 1. The molecule has 0 spiro atoms. The number of aromatic nitrogens is 2. The lowest BCUT2D eigenvalue weighted by Gasteiger charge is -2.37. The predicted octanol–water partition coefficient (Wildman–Crippen LogP) is 3.70. The Labute approximate surface area is 154 Å². The van der Waals surface area contributed by atoms with Crippen LogP contribution in [0.1, 0.15) is 17.4 Å². The molecule has 0 saturated carbocycles. The van der Waals surface area contributed by atoms with Crippen LogP contribution >= 0.6 is 11.6 Å². The van der Waals surface area contributed by atoms with Crippen molar-refractivity contribution in [3.8, 4) is 11.4 Å². The fraction of sp³-hybridized carbons (Fsp3) is 0.211. The Bertz CT molecular complexity index is 919. The van der Waals surface area contributed by atoms with Crippen molar-refractivity contribution < 1.29 is 13.7 Å². The summed E-state index contributed by atoms with van der Waals surface area (Å²) in [7, 11) is 0. The molecule has 7 heteroatoms. The largest absolute Gasteiger partial charge is 0.341 e. The van der Waals surface area contributed by atoms with Crippen molar-refractivity contribution in [3.63, 3.8) is 0 Å². The van der Waals surface area contributed by atoms with E-state index in [4.69, 9.17) is 16.1 Å². The van der Waals surface area contributed by atoms with Crippen LogP contribution in [0.4, 0.5) is 4.39 Å². The molecular formula is C19H15ClFN3O2. The number of hydrogen-bond donors (Lipinski definition) is 0. The summed E-state index contributed by atoms with van der Waals surface area (Å²) >= 11 is 5.98. The number of rotatable bonds is 4. The van der Waals surface area contributed by atoms with Gasteiger partial charge in [-0.2, -0.15) is 4.98 Å². The highest BCUT2D eigenvalue weighted by molar-refractivity contribution is 6.31. The third kappa shape index (κ3) is 3.20. The zero-order chi connectivity index (χ0) is 18.1. The molecular weight excluding hydrogens is 357 g/mol. The molecule has 0 unspecified atom stereocenters. The molecule has 1 saturated heterocycles. The third-order valence-electron chi connectivity index (χ3n) is 4.45. The summed E-state index contributed by atoms with van der Waals surface area (Å²) < 4.78 is 19.1. The molecule has 1 aliphatic rings. The zero-order valence-electron chi connectivity index (χ0n) is 13.7. The lowest BCUT2D eigenvalue weighted by atomic mass is 9.98. The summed E-state index contributed by atoms with van der Waals surface area (Å²) in [6.45, 7) is 0.947. The standard InChI is InChI=1S/C19H15ClFN3O2/c20-15-7-4-8-16(21)14(15)9-17(25)24-10-13(11-24)19-22-18(23-26-19)12-5-2-1-3-6-12/h1-8,13H,9-11H2. The molecule has 0 N–H and O–H groups in total. The lowest BCUT2D eigenvalue weighted by molar-refractivity contribution is -0.135. The first-order valence-electron chi connectivity index (χ1n) is 8.21. The van der Waals surface area contributed by atoms with E-state index in [0.29, 0.717) is 24.8 Å². The summed E-state index contributed by atoms with van der Waals surface area (Å²) in [5, 5.41) is 4.26. The average Bonchev–Trinajstić information content (AvgIpc) is 3.07. The van der Waals surface area contributed by atoms with Crippen molar-refractivity contribution in [2.45, 2.75) is 12.3 Å². The Morgan fingerprint density at radius 1 is 1.19 bits per heavy atom. The van der Waals surface area contributed by atoms with Gasteiger partial charge in [0.1, 0.15) is 5.82 Å². The van der Waals surface area contributed by atoms with Crippen molar-refractivity contribution in [1.82, 2.24) is 15.0 Å². The van der Waals surface area contributed by atoms with Crippen molar-refractivity contribution in [2.75, 3.05) is 13.1 Å². The zero-order valence-corrected chi connectivity index (χ0v) is 14.5. The van der Waals surface area contributed by atoms with E-state index in [1.807, 2.05) is 30.3 Å². The van der Waals surface area contributed by atoms with E-state index in [0.717, 1.165) is 5.56 Å². The second-order valence-electron chi connectivity index (χ2n) is 6.19. The summed E-state index contributed by atoms with van der Waals surface area (Å²) in [5.41, 5.74) is 1.11. The second-order valence-corrected chi connectivity index (χ2v) is 6.60. The molecule has 1 amide bonds. The molecule has 2 aromatic carbocycles. The minimum absolute atomic E-state index is 0.00000415. The third-order valence-corrected chi connectivity index (χ3v) is 4.80. The summed E-state index contributed by atoms with van der Waals surface area (Å²) in [6.07, 6.45) is -0.0582. The van der Waals surface area contributed by atoms with Crippen LogP contribution in [0, 0.1) is 5.82 Å². The van der Waals surface area contributed by atoms with Gasteiger partial charge in [-0.05, 0) is 12.1 Å². The number of likely N-dealkylation sites (tertiary alicyclic amines) is 1. The predicted molar refractivity (Wildman–Crippen MR) is 94.2 cm³/mol. The average molecular weight is 372 g/mol. The van der Waals surface area contributed by atoms with E-state index >= 15 is 0 Å². The topological polar surface area (TPSA) is 59.2 Å². The van der Waals surface area contributed by atoms with Gasteiger partial charge in [0.2, 0.25) is 17.6 Å². The highest BCUT2D eigenvalue weighted by Crippen LogP contribution is 2.29. The Morgan fingerprint density at radius 2 is 1.96 bits per heavy atom. The van der Waals surface area contributed by atoms with Gasteiger partial charge in [0.25, 0.3) is 0 Å². The van der Waals surface area contributed by atoms with Gasteiger partial charge < -0.3 is 9.42 Å². The summed E-state index contributed by atoms with van der Waals surface area (Å²) in [5.74, 6) is 0.406. The van der Waals surface area contributed by atoms with Crippen LogP contribution < -0.4 is 0 Å². The van der Waals surface area contributed by atoms with E-state index in [2.05, 4.69) is 10.1 Å². The van der Waals surface area contributed by atoms with Crippen molar-refractivity contribution in [3.05, 3.63) is 70.8 Å². The molecule has 5 nitrogen and oxygen atoms in total. The molecule has 1 aliphatic heterocycles. The van der Waals surface area contributed by atoms with Crippen LogP contribution in [0.3, 0.4) is 0 Å². The Balaban J connectivity index is 1.38. The molecule has 1 fully saturated rings. The molecule has 3 aromatic rings. The molecule has 0 radical (unpaired) electrons. The number of halogens is 2. The molecule has 4 rings (SSSR count). The lowest BCUT2D eigenvalue weighted by Crippen LogP contribution is -2.49. The Hall–Kier alpha value is -2.73. The van der Waals surface area contributed by atoms with E-state index in [1.54, 1.807) is 11.0 Å². The van der Waals surface area contributed by atoms with Gasteiger partial charge in [0.15, 0.2) is 0 Å². The van der Waals surface area contributed by atoms with E-state index in [1.165, 1.54) is 12.1 Å². The van der Waals surface area contributed by atoms with Crippen molar-refractivity contribution in [1.29, 1.82) is 0 Å². The fourth-order valence-corrected chi connectivity index (χ4v) is 3.14. The molecule has 0 aliphatic carbocycles. The summed E-state index contributed by atoms with van der Waals surface area (Å²) in [6, 6.07) is 13.9. The highest BCUT2D eigenvalue weighted by atomic mass is 35.5. The first kappa shape index (κ1) is 16.7. The maximum Gasteiger partial charge on any atom is 0.233 e. The molecule has 1 aromatic heterocycles. The molecule has 2 heterocycles. The van der Waals surface area contributed by atoms with Gasteiger partial charge in [-0.25, -0.2) is 4.39 Å². The quantitative estimate of drug-likeness (QED) is 0.701. The molecule has 0 atom stereocenters. The van der Waals surface area contributed by atoms with Gasteiger partial charge in [-0.3, -0.25) is 4.79 Å². The summed E-state index contributed by atoms with van der Waals surface area (Å²) in [4.78, 5) is 18.4. The number of hydrogen-bond acceptors (Lipinski definition) is 4. The van der Waals surface area contributed by atoms with Crippen LogP contribution in [-0.4, -0.2) is 34.0 Å². The molecule has 26 heavy (non-hydrogen) atoms. The molecule has 0 bridgehead atoms. The first-order chi connectivity index (χ1) is 12.6. The number of benzene rings is 2. The maximum absolute atomic E-state index is 13.8. The Morgan fingerprint density at radius 3 is 2.69 bits per heavy atom. The van der Waals surface area contributed by atoms with Gasteiger partial charge in [0, 0.05) is 29.2 Å². The van der Waals surface area contributed by atoms with Crippen LogP contribution in [0.2, 0.25) is 5.02 Å². The van der Waals surface area contributed by atoms with E-state index in [9.17, 15) is 9.18 Å². The Kier molecular flexibility index (Phi) is 4.42. The van der Waals surface area contributed by atoms with E-state index in [-0.39, 0.29) is 28.8 Å². The van der Waals surface area contributed by atoms with Crippen LogP contribution in [0.25, 0.3) is 11.4 Å². The minimum Gasteiger partial charge on any atom is -0.341 e. The SMILES string of the molecule is O=C(Cc1c(F)cccc1Cl)N1CC(c2nc(-c3ccccc3)no2)C1. The number of carbonyl (C=O) groups is 1. The highest BCUT2D eigenvalue weighted by Gasteiger charge is 2.35. The number of amides is 1. The molecule has 132 valence electrons. The maximum atomic E-state index is 13.8. The van der Waals surface area contributed by atoms with Crippen LogP contribution in [-0.2, 0) is 11.2 Å². The smallest absolute Gasteiger partial charge is 0.233 e. The monoisotopic (exact) mass is 371 g/mol. The number of nitrogens with zero attached hydrogens (tertiary/aromatic N) is 3. The second kappa shape index (κ2) is 6.88.